The standard InChI is InChI=1S/C22H31FN6O/c1-15-18(23)8-5-9-19(15)26-21(30)14-29(4)13-17-11-20(28(2)3)27-22(25-17)16-7-6-10-24-12-16/h5,8-9,11,16,24H,6-7,10,12-14H2,1-4H3,(H,26,30). The van der Waals surface area contributed by atoms with E-state index in [1.165, 1.54) is 6.07 Å². The van der Waals surface area contributed by atoms with Crippen LogP contribution in [0.1, 0.15) is 35.8 Å². The summed E-state index contributed by atoms with van der Waals surface area (Å²) in [5.41, 5.74) is 1.81. The lowest BCUT2D eigenvalue weighted by Gasteiger charge is -2.24. The highest BCUT2D eigenvalue weighted by molar-refractivity contribution is 5.92. The van der Waals surface area contributed by atoms with Crippen molar-refractivity contribution in [1.29, 1.82) is 0 Å². The first-order valence-corrected chi connectivity index (χ1v) is 10.3. The molecule has 0 spiro atoms. The van der Waals surface area contributed by atoms with Gasteiger partial charge in [0.25, 0.3) is 0 Å². The van der Waals surface area contributed by atoms with Gasteiger partial charge in [0, 0.05) is 50.4 Å². The van der Waals surface area contributed by atoms with Crippen LogP contribution >= 0.6 is 0 Å². The Morgan fingerprint density at radius 3 is 2.80 bits per heavy atom. The monoisotopic (exact) mass is 414 g/mol. The highest BCUT2D eigenvalue weighted by Crippen LogP contribution is 2.23. The quantitative estimate of drug-likeness (QED) is 0.725. The summed E-state index contributed by atoms with van der Waals surface area (Å²) in [7, 11) is 5.80. The van der Waals surface area contributed by atoms with E-state index in [9.17, 15) is 9.18 Å². The number of carbonyl (C=O) groups is 1. The van der Waals surface area contributed by atoms with Gasteiger partial charge in [0.15, 0.2) is 0 Å². The molecule has 1 fully saturated rings. The predicted molar refractivity (Wildman–Crippen MR) is 117 cm³/mol. The molecule has 0 saturated carbocycles. The molecule has 7 nitrogen and oxygen atoms in total. The van der Waals surface area contributed by atoms with Crippen LogP contribution in [0.2, 0.25) is 0 Å². The van der Waals surface area contributed by atoms with Crippen LogP contribution in [0.5, 0.6) is 0 Å². The second-order valence-corrected chi connectivity index (χ2v) is 8.15. The summed E-state index contributed by atoms with van der Waals surface area (Å²) in [6.45, 7) is 4.28. The number of amides is 1. The lowest BCUT2D eigenvalue weighted by Crippen LogP contribution is -2.32. The molecule has 1 aliphatic heterocycles. The zero-order valence-electron chi connectivity index (χ0n) is 18.2. The van der Waals surface area contributed by atoms with Crippen LogP contribution in [0.4, 0.5) is 15.9 Å². The SMILES string of the molecule is Cc1c(F)cccc1NC(=O)CN(C)Cc1cc(N(C)C)nc(C2CCCNC2)n1. The molecule has 8 heteroatoms. The van der Waals surface area contributed by atoms with Crippen molar-refractivity contribution in [1.82, 2.24) is 20.2 Å². The minimum absolute atomic E-state index is 0.178. The van der Waals surface area contributed by atoms with E-state index in [2.05, 4.69) is 10.6 Å². The van der Waals surface area contributed by atoms with E-state index in [1.54, 1.807) is 19.1 Å². The number of nitrogens with one attached hydrogen (secondary N) is 2. The van der Waals surface area contributed by atoms with Crippen molar-refractivity contribution in [3.63, 3.8) is 0 Å². The molecule has 1 atom stereocenters. The summed E-state index contributed by atoms with van der Waals surface area (Å²) in [5.74, 6) is 1.51. The van der Waals surface area contributed by atoms with Gasteiger partial charge in [-0.2, -0.15) is 0 Å². The lowest BCUT2D eigenvalue weighted by molar-refractivity contribution is -0.117. The van der Waals surface area contributed by atoms with E-state index in [0.29, 0.717) is 23.7 Å². The Kier molecular flexibility index (Phi) is 7.33. The number of piperidine rings is 1. The van der Waals surface area contributed by atoms with Crippen molar-refractivity contribution in [3.8, 4) is 0 Å². The molecule has 2 aromatic rings. The van der Waals surface area contributed by atoms with Crippen LogP contribution in [0.15, 0.2) is 24.3 Å². The average molecular weight is 415 g/mol. The zero-order chi connectivity index (χ0) is 21.7. The van der Waals surface area contributed by atoms with E-state index >= 15 is 0 Å². The molecule has 162 valence electrons. The molecule has 1 amide bonds. The largest absolute Gasteiger partial charge is 0.363 e. The Labute approximate surface area is 177 Å². The van der Waals surface area contributed by atoms with Crippen molar-refractivity contribution in [2.24, 2.45) is 0 Å². The Morgan fingerprint density at radius 2 is 2.10 bits per heavy atom. The summed E-state index contributed by atoms with van der Waals surface area (Å²) in [4.78, 5) is 25.9. The van der Waals surface area contributed by atoms with E-state index in [-0.39, 0.29) is 18.3 Å². The Balaban J connectivity index is 1.67. The molecular formula is C22H31FN6O. The molecule has 1 aromatic carbocycles. The molecule has 0 bridgehead atoms. The summed E-state index contributed by atoms with van der Waals surface area (Å²) in [5, 5.41) is 6.21. The van der Waals surface area contributed by atoms with Crippen molar-refractivity contribution in [2.45, 2.75) is 32.2 Å². The van der Waals surface area contributed by atoms with Gasteiger partial charge in [-0.3, -0.25) is 9.69 Å². The van der Waals surface area contributed by atoms with Gasteiger partial charge in [-0.15, -0.1) is 0 Å². The molecule has 1 saturated heterocycles. The van der Waals surface area contributed by atoms with Crippen molar-refractivity contribution in [2.75, 3.05) is 51.0 Å². The summed E-state index contributed by atoms with van der Waals surface area (Å²) in [6, 6.07) is 6.64. The van der Waals surface area contributed by atoms with Crippen LogP contribution in [0.3, 0.4) is 0 Å². The Morgan fingerprint density at radius 1 is 1.30 bits per heavy atom. The van der Waals surface area contributed by atoms with Crippen LogP contribution in [0, 0.1) is 12.7 Å². The van der Waals surface area contributed by atoms with Gasteiger partial charge >= 0.3 is 0 Å². The maximum absolute atomic E-state index is 13.7. The highest BCUT2D eigenvalue weighted by atomic mass is 19.1. The first-order valence-electron chi connectivity index (χ1n) is 10.3. The first kappa shape index (κ1) is 22.1. The number of hydrogen-bond acceptors (Lipinski definition) is 6. The molecule has 2 heterocycles. The van der Waals surface area contributed by atoms with Crippen molar-refractivity contribution in [3.05, 3.63) is 47.2 Å². The summed E-state index contributed by atoms with van der Waals surface area (Å²) in [6.07, 6.45) is 2.20. The number of anilines is 2. The van der Waals surface area contributed by atoms with E-state index in [4.69, 9.17) is 9.97 Å². The number of likely N-dealkylation sites (N-methyl/N-ethyl adjacent to an activating group) is 1. The third-order valence-corrected chi connectivity index (χ3v) is 5.29. The molecule has 1 aliphatic rings. The van der Waals surface area contributed by atoms with Crippen molar-refractivity contribution < 1.29 is 9.18 Å². The second kappa shape index (κ2) is 9.95. The molecule has 3 rings (SSSR count). The molecule has 0 aliphatic carbocycles. The van der Waals surface area contributed by atoms with E-state index in [0.717, 1.165) is 43.3 Å². The topological polar surface area (TPSA) is 73.4 Å². The smallest absolute Gasteiger partial charge is 0.238 e. The lowest BCUT2D eigenvalue weighted by atomic mass is 9.99. The molecule has 2 N–H and O–H groups in total. The Bertz CT molecular complexity index is 882. The minimum atomic E-state index is -0.330. The Hall–Kier alpha value is -2.58. The third kappa shape index (κ3) is 5.73. The number of benzene rings is 1. The maximum atomic E-state index is 13.7. The van der Waals surface area contributed by atoms with Gasteiger partial charge < -0.3 is 15.5 Å². The normalized spacial score (nSPS) is 16.5. The van der Waals surface area contributed by atoms with Gasteiger partial charge in [0.2, 0.25) is 5.91 Å². The number of nitrogens with zero attached hydrogens (tertiary/aromatic N) is 4. The van der Waals surface area contributed by atoms with Gasteiger partial charge in [0.1, 0.15) is 17.5 Å². The number of hydrogen-bond donors (Lipinski definition) is 2. The highest BCUT2D eigenvalue weighted by Gasteiger charge is 2.20. The fourth-order valence-corrected chi connectivity index (χ4v) is 3.58. The van der Waals surface area contributed by atoms with Crippen LogP contribution in [0.25, 0.3) is 0 Å². The summed E-state index contributed by atoms with van der Waals surface area (Å²) < 4.78 is 13.7. The summed E-state index contributed by atoms with van der Waals surface area (Å²) >= 11 is 0. The minimum Gasteiger partial charge on any atom is -0.363 e. The molecule has 0 radical (unpaired) electrons. The van der Waals surface area contributed by atoms with Gasteiger partial charge in [0.05, 0.1) is 12.2 Å². The fourth-order valence-electron chi connectivity index (χ4n) is 3.58. The van der Waals surface area contributed by atoms with Crippen molar-refractivity contribution >= 4 is 17.4 Å². The fraction of sp³-hybridized carbons (Fsp3) is 0.500. The first-order chi connectivity index (χ1) is 14.3. The number of carbonyl (C=O) groups excluding carboxylic acids is 1. The number of rotatable bonds is 7. The van der Waals surface area contributed by atoms with Crippen LogP contribution in [-0.4, -0.2) is 61.6 Å². The van der Waals surface area contributed by atoms with E-state index in [1.807, 2.05) is 37.0 Å². The third-order valence-electron chi connectivity index (χ3n) is 5.29. The molecule has 1 aromatic heterocycles. The van der Waals surface area contributed by atoms with Gasteiger partial charge in [-0.25, -0.2) is 14.4 Å². The van der Waals surface area contributed by atoms with E-state index < -0.39 is 0 Å². The zero-order valence-corrected chi connectivity index (χ0v) is 18.2. The molecule has 30 heavy (non-hydrogen) atoms. The number of aromatic nitrogens is 2. The predicted octanol–water partition coefficient (Wildman–Crippen LogP) is 2.53. The van der Waals surface area contributed by atoms with Gasteiger partial charge in [-0.05, 0) is 45.5 Å². The van der Waals surface area contributed by atoms with Crippen LogP contribution < -0.4 is 15.5 Å². The number of halogens is 1. The van der Waals surface area contributed by atoms with Crippen LogP contribution in [-0.2, 0) is 11.3 Å². The second-order valence-electron chi connectivity index (χ2n) is 8.15. The maximum Gasteiger partial charge on any atom is 0.238 e. The molecular weight excluding hydrogens is 383 g/mol. The molecule has 1 unspecified atom stereocenters. The van der Waals surface area contributed by atoms with Gasteiger partial charge in [-0.1, -0.05) is 6.07 Å². The average Bonchev–Trinajstić information content (AvgIpc) is 2.71.